The number of hydrogen-bond acceptors (Lipinski definition) is 2. The van der Waals surface area contributed by atoms with E-state index in [-0.39, 0.29) is 5.91 Å². The fourth-order valence-corrected chi connectivity index (χ4v) is 3.70. The molecule has 0 fully saturated rings. The predicted octanol–water partition coefficient (Wildman–Crippen LogP) is 7.54. The molecule has 0 aliphatic heterocycles. The van der Waals surface area contributed by atoms with Gasteiger partial charge < -0.3 is 10.1 Å². The van der Waals surface area contributed by atoms with E-state index in [0.717, 1.165) is 12.3 Å². The molecule has 0 aliphatic carbocycles. The molecular formula is C26H45NO2. The lowest BCUT2D eigenvalue weighted by atomic mass is 10.0. The quantitative estimate of drug-likeness (QED) is 0.257. The van der Waals surface area contributed by atoms with Crippen molar-refractivity contribution < 1.29 is 9.53 Å². The minimum absolute atomic E-state index is 0.0910. The molecule has 29 heavy (non-hydrogen) atoms. The number of unbranched alkanes of at least 4 members (excludes halogenated alkanes) is 12. The van der Waals surface area contributed by atoms with Gasteiger partial charge in [-0.3, -0.25) is 4.79 Å². The highest BCUT2D eigenvalue weighted by Gasteiger charge is 2.09. The van der Waals surface area contributed by atoms with Gasteiger partial charge in [0.1, 0.15) is 5.75 Å². The molecule has 0 radical (unpaired) electrons. The van der Waals surface area contributed by atoms with E-state index in [1.165, 1.54) is 83.5 Å². The highest BCUT2D eigenvalue weighted by molar-refractivity contribution is 5.96. The molecule has 0 unspecified atom stereocenters. The molecular weight excluding hydrogens is 358 g/mol. The summed E-state index contributed by atoms with van der Waals surface area (Å²) in [6, 6.07) is 7.46. The van der Waals surface area contributed by atoms with Crippen LogP contribution in [-0.2, 0) is 0 Å². The van der Waals surface area contributed by atoms with Crippen LogP contribution >= 0.6 is 0 Å². The van der Waals surface area contributed by atoms with E-state index in [4.69, 9.17) is 4.74 Å². The molecule has 0 saturated carbocycles. The molecule has 0 saturated heterocycles. The second kappa shape index (κ2) is 17.4. The van der Waals surface area contributed by atoms with Crippen molar-refractivity contribution in [2.24, 2.45) is 5.92 Å². The van der Waals surface area contributed by atoms with Crippen molar-refractivity contribution in [1.82, 2.24) is 5.32 Å². The summed E-state index contributed by atoms with van der Waals surface area (Å²) in [5.41, 5.74) is 0.616. The fraction of sp³-hybridized carbons (Fsp3) is 0.731. The monoisotopic (exact) mass is 403 g/mol. The number of ether oxygens (including phenoxy) is 1. The van der Waals surface area contributed by atoms with Gasteiger partial charge in [0.25, 0.3) is 5.91 Å². The van der Waals surface area contributed by atoms with Crippen LogP contribution in [0, 0.1) is 5.92 Å². The molecule has 0 heterocycles. The minimum Gasteiger partial charge on any atom is -0.493 e. The number of para-hydroxylation sites is 1. The normalized spacial score (nSPS) is 11.0. The number of nitrogens with one attached hydrogen (secondary N) is 1. The van der Waals surface area contributed by atoms with E-state index in [2.05, 4.69) is 19.2 Å². The average Bonchev–Trinajstić information content (AvgIpc) is 2.73. The van der Waals surface area contributed by atoms with Gasteiger partial charge in [0.05, 0.1) is 12.2 Å². The van der Waals surface area contributed by atoms with Gasteiger partial charge in [-0.25, -0.2) is 0 Å². The van der Waals surface area contributed by atoms with Gasteiger partial charge in [0.15, 0.2) is 0 Å². The van der Waals surface area contributed by atoms with Crippen molar-refractivity contribution in [2.45, 2.75) is 104 Å². The zero-order chi connectivity index (χ0) is 21.2. The summed E-state index contributed by atoms with van der Waals surface area (Å²) in [5, 5.41) is 2.66. The van der Waals surface area contributed by atoms with Gasteiger partial charge in [-0.15, -0.1) is 0 Å². The maximum absolute atomic E-state index is 11.8. The molecule has 0 aliphatic rings. The highest BCUT2D eigenvalue weighted by atomic mass is 16.5. The van der Waals surface area contributed by atoms with Crippen LogP contribution in [0.3, 0.4) is 0 Å². The molecule has 1 aromatic rings. The molecule has 0 bridgehead atoms. The molecule has 1 N–H and O–H groups in total. The van der Waals surface area contributed by atoms with Crippen molar-refractivity contribution in [3.8, 4) is 5.75 Å². The molecule has 1 aromatic carbocycles. The van der Waals surface area contributed by atoms with Crippen LogP contribution < -0.4 is 10.1 Å². The molecule has 1 rings (SSSR count). The Kier molecular flexibility index (Phi) is 15.3. The fourth-order valence-electron chi connectivity index (χ4n) is 3.70. The summed E-state index contributed by atoms with van der Waals surface area (Å²) >= 11 is 0. The Morgan fingerprint density at radius 3 is 1.79 bits per heavy atom. The molecule has 166 valence electrons. The van der Waals surface area contributed by atoms with Crippen molar-refractivity contribution in [3.63, 3.8) is 0 Å². The third-order valence-electron chi connectivity index (χ3n) is 5.54. The van der Waals surface area contributed by atoms with Gasteiger partial charge in [0.2, 0.25) is 0 Å². The number of carbonyl (C=O) groups excluding carboxylic acids is 1. The summed E-state index contributed by atoms with van der Waals surface area (Å²) in [7, 11) is 1.65. The Bertz CT molecular complexity index is 527. The smallest absolute Gasteiger partial charge is 0.254 e. The first-order valence-electron chi connectivity index (χ1n) is 12.1. The number of carbonyl (C=O) groups is 1. The van der Waals surface area contributed by atoms with Gasteiger partial charge in [-0.1, -0.05) is 109 Å². The van der Waals surface area contributed by atoms with Crippen LogP contribution in [0.25, 0.3) is 0 Å². The maximum Gasteiger partial charge on any atom is 0.254 e. The SMILES string of the molecule is CNC(=O)c1ccccc1OCCCCCCCCCCCCCCCC(C)C. The molecule has 0 spiro atoms. The highest BCUT2D eigenvalue weighted by Crippen LogP contribution is 2.18. The number of amides is 1. The van der Waals surface area contributed by atoms with E-state index in [0.29, 0.717) is 17.9 Å². The number of rotatable bonds is 18. The van der Waals surface area contributed by atoms with Crippen molar-refractivity contribution in [3.05, 3.63) is 29.8 Å². The Morgan fingerprint density at radius 1 is 0.793 bits per heavy atom. The Balaban J connectivity index is 1.88. The van der Waals surface area contributed by atoms with Crippen molar-refractivity contribution in [2.75, 3.05) is 13.7 Å². The molecule has 0 aromatic heterocycles. The summed E-state index contributed by atoms with van der Waals surface area (Å²) in [5.74, 6) is 1.46. The predicted molar refractivity (Wildman–Crippen MR) is 125 cm³/mol. The first-order chi connectivity index (χ1) is 14.1. The van der Waals surface area contributed by atoms with Crippen LogP contribution in [0.15, 0.2) is 24.3 Å². The minimum atomic E-state index is -0.0910. The van der Waals surface area contributed by atoms with Gasteiger partial charge in [-0.05, 0) is 24.5 Å². The number of benzene rings is 1. The van der Waals surface area contributed by atoms with Crippen LogP contribution in [0.1, 0.15) is 114 Å². The molecule has 3 nitrogen and oxygen atoms in total. The Morgan fingerprint density at radius 2 is 1.28 bits per heavy atom. The summed E-state index contributed by atoms with van der Waals surface area (Å²) < 4.78 is 5.82. The maximum atomic E-state index is 11.8. The Labute approximate surface area is 180 Å². The molecule has 1 amide bonds. The van der Waals surface area contributed by atoms with E-state index >= 15 is 0 Å². The van der Waals surface area contributed by atoms with E-state index in [1.807, 2.05) is 18.2 Å². The summed E-state index contributed by atoms with van der Waals surface area (Å²) in [4.78, 5) is 11.8. The summed E-state index contributed by atoms with van der Waals surface area (Å²) in [6.07, 6.45) is 19.0. The van der Waals surface area contributed by atoms with Crippen molar-refractivity contribution in [1.29, 1.82) is 0 Å². The van der Waals surface area contributed by atoms with Crippen molar-refractivity contribution >= 4 is 5.91 Å². The van der Waals surface area contributed by atoms with Crippen LogP contribution in [-0.4, -0.2) is 19.6 Å². The lowest BCUT2D eigenvalue weighted by Crippen LogP contribution is -2.18. The largest absolute Gasteiger partial charge is 0.493 e. The first kappa shape index (κ1) is 25.5. The van der Waals surface area contributed by atoms with E-state index in [1.54, 1.807) is 13.1 Å². The lowest BCUT2D eigenvalue weighted by Gasteiger charge is -2.10. The van der Waals surface area contributed by atoms with Crippen LogP contribution in [0.5, 0.6) is 5.75 Å². The molecule has 0 atom stereocenters. The zero-order valence-electron chi connectivity index (χ0n) is 19.3. The Hall–Kier alpha value is -1.51. The van der Waals surface area contributed by atoms with Gasteiger partial charge >= 0.3 is 0 Å². The zero-order valence-corrected chi connectivity index (χ0v) is 19.3. The third kappa shape index (κ3) is 13.4. The molecule has 3 heteroatoms. The number of hydrogen-bond donors (Lipinski definition) is 1. The third-order valence-corrected chi connectivity index (χ3v) is 5.54. The van der Waals surface area contributed by atoms with E-state index in [9.17, 15) is 4.79 Å². The second-order valence-corrected chi connectivity index (χ2v) is 8.70. The summed E-state index contributed by atoms with van der Waals surface area (Å²) in [6.45, 7) is 5.33. The van der Waals surface area contributed by atoms with Crippen LogP contribution in [0.2, 0.25) is 0 Å². The topological polar surface area (TPSA) is 38.3 Å². The van der Waals surface area contributed by atoms with Crippen LogP contribution in [0.4, 0.5) is 0 Å². The first-order valence-corrected chi connectivity index (χ1v) is 12.1. The second-order valence-electron chi connectivity index (χ2n) is 8.70. The average molecular weight is 404 g/mol. The van der Waals surface area contributed by atoms with Gasteiger partial charge in [-0.2, -0.15) is 0 Å². The lowest BCUT2D eigenvalue weighted by molar-refractivity contribution is 0.0959. The standard InChI is InChI=1S/C26H45NO2/c1-23(2)19-15-13-11-9-7-5-4-6-8-10-12-14-18-22-29-25-21-17-16-20-24(25)26(28)27-3/h16-17,20-21,23H,4-15,18-19,22H2,1-3H3,(H,27,28). The van der Waals surface area contributed by atoms with Gasteiger partial charge in [0, 0.05) is 7.05 Å². The van der Waals surface area contributed by atoms with E-state index < -0.39 is 0 Å².